The summed E-state index contributed by atoms with van der Waals surface area (Å²) in [4.78, 5) is 23.8. The molecule has 10 heteroatoms. The van der Waals surface area contributed by atoms with Crippen molar-refractivity contribution < 1.29 is 32.6 Å². The summed E-state index contributed by atoms with van der Waals surface area (Å²) in [6, 6.07) is 4.31. The van der Waals surface area contributed by atoms with E-state index in [1.165, 1.54) is 18.2 Å². The second-order valence-electron chi connectivity index (χ2n) is 5.25. The number of hydrogen-bond acceptors (Lipinski definition) is 3. The first-order valence-electron chi connectivity index (χ1n) is 6.74. The highest BCUT2D eigenvalue weighted by Crippen LogP contribution is 2.37. The predicted octanol–water partition coefficient (Wildman–Crippen LogP) is 3.09. The van der Waals surface area contributed by atoms with E-state index in [2.05, 4.69) is 0 Å². The van der Waals surface area contributed by atoms with Crippen molar-refractivity contribution in [2.75, 3.05) is 19.7 Å². The standard InChI is InChI=1S/C14H12Cl2F3NO4/c15-7-1-2-10(16)11(3-7)24-6-12(21)20-4-8(13(22)23)9(5-20)14(17,18)19/h1-3,8-9H,4-6H2,(H,22,23)/t8-,9-/m1/s1. The molecular weight excluding hydrogens is 374 g/mol. The van der Waals surface area contributed by atoms with Crippen LogP contribution in [-0.4, -0.2) is 47.8 Å². The van der Waals surface area contributed by atoms with Crippen LogP contribution in [0.25, 0.3) is 0 Å². The Morgan fingerprint density at radius 3 is 2.50 bits per heavy atom. The number of rotatable bonds is 4. The Morgan fingerprint density at radius 2 is 1.96 bits per heavy atom. The number of amides is 1. The van der Waals surface area contributed by atoms with Crippen molar-refractivity contribution in [3.05, 3.63) is 28.2 Å². The van der Waals surface area contributed by atoms with Crippen LogP contribution in [0.2, 0.25) is 10.0 Å². The number of carboxylic acid groups (broad SMARTS) is 1. The first kappa shape index (κ1) is 18.7. The number of aliphatic carboxylic acids is 1. The van der Waals surface area contributed by atoms with E-state index < -0.39 is 49.6 Å². The lowest BCUT2D eigenvalue weighted by Gasteiger charge is -2.18. The summed E-state index contributed by atoms with van der Waals surface area (Å²) < 4.78 is 43.8. The average molecular weight is 386 g/mol. The third kappa shape index (κ3) is 4.24. The van der Waals surface area contributed by atoms with Gasteiger partial charge in [-0.25, -0.2) is 0 Å². The summed E-state index contributed by atoms with van der Waals surface area (Å²) in [5.74, 6) is -6.04. The van der Waals surface area contributed by atoms with Gasteiger partial charge in [0, 0.05) is 24.2 Å². The number of benzene rings is 1. The molecular formula is C14H12Cl2F3NO4. The molecule has 0 radical (unpaired) electrons. The van der Waals surface area contributed by atoms with E-state index in [-0.39, 0.29) is 10.8 Å². The molecule has 132 valence electrons. The molecule has 24 heavy (non-hydrogen) atoms. The molecule has 0 spiro atoms. The van der Waals surface area contributed by atoms with Gasteiger partial charge in [-0.1, -0.05) is 23.2 Å². The second-order valence-corrected chi connectivity index (χ2v) is 6.10. The molecule has 1 saturated heterocycles. The van der Waals surface area contributed by atoms with Crippen LogP contribution < -0.4 is 4.74 Å². The highest BCUT2D eigenvalue weighted by atomic mass is 35.5. The van der Waals surface area contributed by atoms with Crippen LogP contribution in [0.4, 0.5) is 13.2 Å². The van der Waals surface area contributed by atoms with Gasteiger partial charge in [-0.2, -0.15) is 13.2 Å². The molecule has 0 aromatic heterocycles. The normalized spacial score (nSPS) is 21.0. The van der Waals surface area contributed by atoms with Crippen molar-refractivity contribution in [1.29, 1.82) is 0 Å². The molecule has 1 aliphatic heterocycles. The number of carbonyl (C=O) groups excluding carboxylic acids is 1. The van der Waals surface area contributed by atoms with Crippen molar-refractivity contribution in [2.45, 2.75) is 6.18 Å². The Balaban J connectivity index is 2.03. The monoisotopic (exact) mass is 385 g/mol. The summed E-state index contributed by atoms with van der Waals surface area (Å²) in [6.07, 6.45) is -4.70. The second kappa shape index (κ2) is 7.06. The Hall–Kier alpha value is -1.67. The Morgan fingerprint density at radius 1 is 1.29 bits per heavy atom. The molecule has 0 unspecified atom stereocenters. The number of carboxylic acids is 1. The molecule has 1 aromatic rings. The first-order chi connectivity index (χ1) is 11.1. The number of carbonyl (C=O) groups is 2. The van der Waals surface area contributed by atoms with Gasteiger partial charge in [-0.05, 0) is 12.1 Å². The quantitative estimate of drug-likeness (QED) is 0.864. The smallest absolute Gasteiger partial charge is 0.394 e. The van der Waals surface area contributed by atoms with E-state index in [1.54, 1.807) is 0 Å². The van der Waals surface area contributed by atoms with Crippen molar-refractivity contribution in [1.82, 2.24) is 4.90 Å². The number of nitrogens with zero attached hydrogens (tertiary/aromatic N) is 1. The van der Waals surface area contributed by atoms with E-state index in [1.807, 2.05) is 0 Å². The summed E-state index contributed by atoms with van der Waals surface area (Å²) >= 11 is 11.6. The lowest BCUT2D eigenvalue weighted by atomic mass is 9.96. The minimum atomic E-state index is -4.70. The van der Waals surface area contributed by atoms with Gasteiger partial charge >= 0.3 is 12.1 Å². The van der Waals surface area contributed by atoms with Crippen molar-refractivity contribution in [3.63, 3.8) is 0 Å². The van der Waals surface area contributed by atoms with E-state index in [0.29, 0.717) is 5.02 Å². The number of alkyl halides is 3. The SMILES string of the molecule is O=C(O)[C@@H]1CN(C(=O)COc2cc(Cl)ccc2Cl)C[C@H]1C(F)(F)F. The molecule has 1 N–H and O–H groups in total. The molecule has 1 aliphatic rings. The molecule has 1 heterocycles. The molecule has 0 bridgehead atoms. The van der Waals surface area contributed by atoms with Crippen LogP contribution >= 0.6 is 23.2 Å². The minimum absolute atomic E-state index is 0.110. The maximum Gasteiger partial charge on any atom is 0.394 e. The lowest BCUT2D eigenvalue weighted by molar-refractivity contribution is -0.188. The Labute approximate surface area is 144 Å². The third-order valence-electron chi connectivity index (χ3n) is 3.65. The zero-order chi connectivity index (χ0) is 18.1. The largest absolute Gasteiger partial charge is 0.482 e. The molecule has 2 atom stereocenters. The van der Waals surface area contributed by atoms with Crippen molar-refractivity contribution >= 4 is 35.1 Å². The van der Waals surface area contributed by atoms with Gasteiger partial charge in [0.15, 0.2) is 6.61 Å². The fourth-order valence-electron chi connectivity index (χ4n) is 2.41. The highest BCUT2D eigenvalue weighted by Gasteiger charge is 2.53. The topological polar surface area (TPSA) is 66.8 Å². The van der Waals surface area contributed by atoms with E-state index in [4.69, 9.17) is 33.0 Å². The van der Waals surface area contributed by atoms with Crippen LogP contribution in [0, 0.1) is 11.8 Å². The van der Waals surface area contributed by atoms with Gasteiger partial charge in [0.05, 0.1) is 16.9 Å². The van der Waals surface area contributed by atoms with E-state index in [0.717, 1.165) is 4.90 Å². The van der Waals surface area contributed by atoms with Crippen LogP contribution in [0.1, 0.15) is 0 Å². The first-order valence-corrected chi connectivity index (χ1v) is 7.50. The summed E-state index contributed by atoms with van der Waals surface area (Å²) in [7, 11) is 0. The summed E-state index contributed by atoms with van der Waals surface area (Å²) in [6.45, 7) is -1.81. The van der Waals surface area contributed by atoms with Gasteiger partial charge in [0.2, 0.25) is 0 Å². The number of halogens is 5. The Kier molecular flexibility index (Phi) is 5.49. The number of hydrogen-bond donors (Lipinski definition) is 1. The average Bonchev–Trinajstić information content (AvgIpc) is 2.93. The van der Waals surface area contributed by atoms with Gasteiger partial charge in [-0.15, -0.1) is 0 Å². The maximum absolute atomic E-state index is 12.9. The number of likely N-dealkylation sites (tertiary alicyclic amines) is 1. The molecule has 2 rings (SSSR count). The van der Waals surface area contributed by atoms with Gasteiger partial charge in [0.1, 0.15) is 5.75 Å². The van der Waals surface area contributed by atoms with Crippen LogP contribution in [0.3, 0.4) is 0 Å². The minimum Gasteiger partial charge on any atom is -0.482 e. The molecule has 1 amide bonds. The lowest BCUT2D eigenvalue weighted by Crippen LogP contribution is -2.35. The summed E-state index contributed by atoms with van der Waals surface area (Å²) in [5.41, 5.74) is 0. The van der Waals surface area contributed by atoms with Gasteiger partial charge in [-0.3, -0.25) is 9.59 Å². The van der Waals surface area contributed by atoms with Crippen LogP contribution in [0.5, 0.6) is 5.75 Å². The maximum atomic E-state index is 12.9. The molecule has 1 fully saturated rings. The fraction of sp³-hybridized carbons (Fsp3) is 0.429. The predicted molar refractivity (Wildman–Crippen MR) is 79.2 cm³/mol. The molecule has 1 aromatic carbocycles. The molecule has 0 aliphatic carbocycles. The summed E-state index contributed by atoms with van der Waals surface area (Å²) in [5, 5.41) is 9.42. The zero-order valence-electron chi connectivity index (χ0n) is 12.0. The Bertz CT molecular complexity index is 653. The third-order valence-corrected chi connectivity index (χ3v) is 4.20. The molecule has 5 nitrogen and oxygen atoms in total. The highest BCUT2D eigenvalue weighted by molar-refractivity contribution is 6.34. The van der Waals surface area contributed by atoms with E-state index >= 15 is 0 Å². The van der Waals surface area contributed by atoms with Crippen molar-refractivity contribution in [3.8, 4) is 5.75 Å². The van der Waals surface area contributed by atoms with Crippen LogP contribution in [-0.2, 0) is 9.59 Å². The van der Waals surface area contributed by atoms with Crippen molar-refractivity contribution in [2.24, 2.45) is 11.8 Å². The van der Waals surface area contributed by atoms with Gasteiger partial charge in [0.25, 0.3) is 5.91 Å². The zero-order valence-corrected chi connectivity index (χ0v) is 13.5. The molecule has 0 saturated carbocycles. The fourth-order valence-corrected chi connectivity index (χ4v) is 2.74. The van der Waals surface area contributed by atoms with Gasteiger partial charge < -0.3 is 14.7 Å². The number of ether oxygens (including phenoxy) is 1. The van der Waals surface area contributed by atoms with E-state index in [9.17, 15) is 22.8 Å². The van der Waals surface area contributed by atoms with Crippen LogP contribution in [0.15, 0.2) is 18.2 Å².